The summed E-state index contributed by atoms with van der Waals surface area (Å²) in [5.74, 6) is -8.74. The number of carboxylic acids is 4. The molecular formula is C4H4NNdO8. The molecule has 0 aliphatic carbocycles. The molecule has 0 saturated carbocycles. The fraction of sp³-hybridized carbons (Fsp3) is 0. The van der Waals surface area contributed by atoms with Crippen molar-refractivity contribution in [3.05, 3.63) is 0 Å². The Balaban J connectivity index is -0.0000000625. The van der Waals surface area contributed by atoms with Crippen LogP contribution in [0.5, 0.6) is 0 Å². The number of quaternary nitrogens is 1. The topological polar surface area (TPSA) is 197 Å². The van der Waals surface area contributed by atoms with E-state index in [1.165, 1.54) is 0 Å². The number of rotatable bonds is 0. The van der Waals surface area contributed by atoms with Gasteiger partial charge in [-0.25, -0.2) is 0 Å². The summed E-state index contributed by atoms with van der Waals surface area (Å²) in [6, 6.07) is 0. The third-order valence-corrected chi connectivity index (χ3v) is 0.333. The molecule has 0 unspecified atom stereocenters. The van der Waals surface area contributed by atoms with Gasteiger partial charge in [-0.2, -0.15) is 0 Å². The smallest absolute Gasteiger partial charge is 0.543 e. The summed E-state index contributed by atoms with van der Waals surface area (Å²) in [7, 11) is 0. The molecule has 0 amide bonds. The van der Waals surface area contributed by atoms with Crippen LogP contribution in [-0.2, 0) is 19.2 Å². The van der Waals surface area contributed by atoms with E-state index in [2.05, 4.69) is 0 Å². The van der Waals surface area contributed by atoms with Crippen LogP contribution in [0.3, 0.4) is 0 Å². The van der Waals surface area contributed by atoms with Gasteiger partial charge < -0.3 is 45.8 Å². The minimum Gasteiger partial charge on any atom is -0.543 e. The van der Waals surface area contributed by atoms with Crippen LogP contribution < -0.4 is 26.6 Å². The minimum absolute atomic E-state index is 0. The zero-order valence-electron chi connectivity index (χ0n) is 6.77. The first-order valence-corrected chi connectivity index (χ1v) is 2.13. The van der Waals surface area contributed by atoms with Gasteiger partial charge in [-0.3, -0.25) is 0 Å². The maximum Gasteiger partial charge on any atom is 3.00 e. The van der Waals surface area contributed by atoms with Crippen molar-refractivity contribution in [1.29, 1.82) is 0 Å². The molecule has 4 N–H and O–H groups in total. The Morgan fingerprint density at radius 3 is 0.643 bits per heavy atom. The van der Waals surface area contributed by atoms with Crippen LogP contribution in [0, 0.1) is 40.8 Å². The van der Waals surface area contributed by atoms with E-state index in [-0.39, 0.29) is 47.0 Å². The molecule has 0 aromatic heterocycles. The zero-order valence-corrected chi connectivity index (χ0v) is 9.97. The van der Waals surface area contributed by atoms with Gasteiger partial charge in [-0.05, 0) is 0 Å². The first-order chi connectivity index (χ1) is 5.29. The fourth-order valence-corrected chi connectivity index (χ4v) is 0. The number of aliphatic carboxylic acids is 4. The van der Waals surface area contributed by atoms with Crippen LogP contribution in [0.15, 0.2) is 0 Å². The number of carbonyl (C=O) groups is 4. The molecule has 77 valence electrons. The van der Waals surface area contributed by atoms with Crippen molar-refractivity contribution in [2.24, 2.45) is 0 Å². The van der Waals surface area contributed by atoms with E-state index in [0.717, 1.165) is 0 Å². The summed E-state index contributed by atoms with van der Waals surface area (Å²) in [5.41, 5.74) is 0. The summed E-state index contributed by atoms with van der Waals surface area (Å²) in [6.45, 7) is 0. The van der Waals surface area contributed by atoms with Gasteiger partial charge in [0.05, 0.1) is 23.9 Å². The molecule has 0 aliphatic rings. The van der Waals surface area contributed by atoms with Crippen molar-refractivity contribution in [2.45, 2.75) is 0 Å². The van der Waals surface area contributed by atoms with Gasteiger partial charge in [-0.15, -0.1) is 0 Å². The van der Waals surface area contributed by atoms with Crippen molar-refractivity contribution in [2.75, 3.05) is 0 Å². The predicted molar refractivity (Wildman–Crippen MR) is 26.0 cm³/mol. The molecular weight excluding hydrogens is 334 g/mol. The quantitative estimate of drug-likeness (QED) is 0.420. The summed E-state index contributed by atoms with van der Waals surface area (Å²) in [6.07, 6.45) is 0. The Labute approximate surface area is 110 Å². The SMILES string of the molecule is O=C([O-])C(=O)[O-].O=C([O-])C(=O)[O-].[NH4+].[Nd+3]. The maximum absolute atomic E-state index is 8.93. The van der Waals surface area contributed by atoms with E-state index in [9.17, 15) is 0 Å². The molecule has 14 heavy (non-hydrogen) atoms. The normalized spacial score (nSPS) is 6.29. The van der Waals surface area contributed by atoms with Gasteiger partial charge >= 0.3 is 40.8 Å². The average Bonchev–Trinajstić information content (AvgIpc) is 1.88. The van der Waals surface area contributed by atoms with Crippen LogP contribution in [0.2, 0.25) is 0 Å². The molecule has 1 radical (unpaired) electrons. The van der Waals surface area contributed by atoms with Gasteiger partial charge in [0.25, 0.3) is 0 Å². The van der Waals surface area contributed by atoms with Gasteiger partial charge in [0.15, 0.2) is 0 Å². The van der Waals surface area contributed by atoms with Gasteiger partial charge in [0.1, 0.15) is 0 Å². The summed E-state index contributed by atoms with van der Waals surface area (Å²) in [4.78, 5) is 35.7. The van der Waals surface area contributed by atoms with E-state index in [4.69, 9.17) is 39.6 Å². The van der Waals surface area contributed by atoms with Crippen LogP contribution in [-0.4, -0.2) is 23.9 Å². The molecule has 9 nitrogen and oxygen atoms in total. The van der Waals surface area contributed by atoms with E-state index in [1.807, 2.05) is 0 Å². The minimum atomic E-state index is -2.19. The molecule has 10 heteroatoms. The predicted octanol–water partition coefficient (Wildman–Crippen LogP) is -6.65. The van der Waals surface area contributed by atoms with Gasteiger partial charge in [-0.1, -0.05) is 0 Å². The summed E-state index contributed by atoms with van der Waals surface area (Å²) in [5, 5.41) is 35.7. The van der Waals surface area contributed by atoms with Crippen molar-refractivity contribution in [3.8, 4) is 0 Å². The Kier molecular flexibility index (Phi) is 20.2. The van der Waals surface area contributed by atoms with Gasteiger partial charge in [0.2, 0.25) is 0 Å². The maximum atomic E-state index is 8.93. The fourth-order valence-electron chi connectivity index (χ4n) is 0. The Bertz CT molecular complexity index is 177. The zero-order chi connectivity index (χ0) is 10.3. The van der Waals surface area contributed by atoms with Crippen molar-refractivity contribution < 1.29 is 80.4 Å². The second kappa shape index (κ2) is 12.2. The van der Waals surface area contributed by atoms with E-state index >= 15 is 0 Å². The van der Waals surface area contributed by atoms with Crippen LogP contribution in [0.4, 0.5) is 0 Å². The largest absolute Gasteiger partial charge is 3.00 e. The Morgan fingerprint density at radius 2 is 0.643 bits per heavy atom. The third-order valence-electron chi connectivity index (χ3n) is 0.333. The van der Waals surface area contributed by atoms with Crippen LogP contribution in [0.25, 0.3) is 0 Å². The standard InChI is InChI=1S/2C2H2O4.H3N.Nd/c2*3-1(4)2(5)6;;/h2*(H,3,4)(H,5,6);1H3;/q;;;+3/p-3. The van der Waals surface area contributed by atoms with E-state index in [1.54, 1.807) is 0 Å². The van der Waals surface area contributed by atoms with Crippen LogP contribution >= 0.6 is 0 Å². The van der Waals surface area contributed by atoms with Crippen LogP contribution in [0.1, 0.15) is 0 Å². The van der Waals surface area contributed by atoms with Crippen molar-refractivity contribution in [1.82, 2.24) is 6.15 Å². The summed E-state index contributed by atoms with van der Waals surface area (Å²) < 4.78 is 0. The first-order valence-electron chi connectivity index (χ1n) is 2.13. The molecule has 0 bridgehead atoms. The first kappa shape index (κ1) is 23.2. The molecule has 0 aromatic carbocycles. The average molecular weight is 338 g/mol. The number of carboxylic acid groups (broad SMARTS) is 4. The second-order valence-electron chi connectivity index (χ2n) is 1.15. The molecule has 0 rings (SSSR count). The summed E-state index contributed by atoms with van der Waals surface area (Å²) >= 11 is 0. The van der Waals surface area contributed by atoms with Crippen molar-refractivity contribution in [3.63, 3.8) is 0 Å². The third kappa shape index (κ3) is 22.5. The number of hydrogen-bond acceptors (Lipinski definition) is 8. The number of carbonyl (C=O) groups excluding carboxylic acids is 4. The molecule has 0 spiro atoms. The molecule has 0 atom stereocenters. The second-order valence-corrected chi connectivity index (χ2v) is 1.15. The molecule has 0 aromatic rings. The Morgan fingerprint density at radius 1 is 0.571 bits per heavy atom. The van der Waals surface area contributed by atoms with Gasteiger partial charge in [0, 0.05) is 0 Å². The number of hydrogen-bond donors (Lipinski definition) is 1. The molecule has 0 heterocycles. The molecule has 0 aliphatic heterocycles. The molecule has 0 fully saturated rings. The monoisotopic (exact) mass is 336 g/mol. The molecule has 0 saturated heterocycles. The van der Waals surface area contributed by atoms with E-state index < -0.39 is 23.9 Å². The van der Waals surface area contributed by atoms with E-state index in [0.29, 0.717) is 0 Å². The Hall–Kier alpha value is -0.809. The van der Waals surface area contributed by atoms with Crippen molar-refractivity contribution >= 4 is 23.9 Å².